The van der Waals surface area contributed by atoms with Gasteiger partial charge in [0.1, 0.15) is 17.2 Å². The third-order valence-corrected chi connectivity index (χ3v) is 6.93. The molecule has 1 amide bonds. The zero-order chi connectivity index (χ0) is 26.5. The molecule has 3 aromatic carbocycles. The number of ether oxygens (including phenoxy) is 1. The van der Waals surface area contributed by atoms with Gasteiger partial charge in [-0.3, -0.25) is 10.2 Å². The van der Waals surface area contributed by atoms with Crippen molar-refractivity contribution in [1.29, 1.82) is 10.7 Å². The number of hydrogen-bond donors (Lipinski definition) is 4. The number of aromatic nitrogens is 1. The van der Waals surface area contributed by atoms with E-state index in [-0.39, 0.29) is 24.0 Å². The number of nitrogens with zero attached hydrogens (tertiary/aromatic N) is 2. The van der Waals surface area contributed by atoms with Crippen LogP contribution in [0.1, 0.15) is 47.3 Å². The Morgan fingerprint density at radius 2 is 1.61 bits per heavy atom. The van der Waals surface area contributed by atoms with E-state index in [1.54, 1.807) is 6.07 Å². The summed E-state index contributed by atoms with van der Waals surface area (Å²) < 4.78 is 7.89. The van der Waals surface area contributed by atoms with Crippen molar-refractivity contribution >= 4 is 22.8 Å². The van der Waals surface area contributed by atoms with E-state index in [9.17, 15) is 10.1 Å². The van der Waals surface area contributed by atoms with E-state index in [1.807, 2.05) is 77.4 Å². The molecule has 5 rings (SSSR count). The second-order valence-electron chi connectivity index (χ2n) is 9.64. The fraction of sp³-hybridized carbons (Fsp3) is 0.233. The predicted octanol–water partition coefficient (Wildman–Crippen LogP) is 4.88. The van der Waals surface area contributed by atoms with Crippen molar-refractivity contribution in [3.05, 3.63) is 95.7 Å². The molecule has 1 aliphatic rings. The Morgan fingerprint density at radius 1 is 0.947 bits per heavy atom. The molecule has 0 atom stereocenters. The van der Waals surface area contributed by atoms with Gasteiger partial charge < -0.3 is 25.7 Å². The molecule has 192 valence electrons. The summed E-state index contributed by atoms with van der Waals surface area (Å²) in [5.41, 5.74) is 8.42. The van der Waals surface area contributed by atoms with Gasteiger partial charge >= 0.3 is 0 Å². The van der Waals surface area contributed by atoms with E-state index in [0.29, 0.717) is 17.8 Å². The molecule has 4 aromatic rings. The molecule has 8 nitrogen and oxygen atoms in total. The zero-order valence-corrected chi connectivity index (χ0v) is 21.0. The van der Waals surface area contributed by atoms with Gasteiger partial charge in [0.05, 0.1) is 17.1 Å². The summed E-state index contributed by atoms with van der Waals surface area (Å²) >= 11 is 0. The highest BCUT2D eigenvalue weighted by Crippen LogP contribution is 2.26. The second kappa shape index (κ2) is 11.1. The first-order valence-electron chi connectivity index (χ1n) is 12.7. The van der Waals surface area contributed by atoms with Crippen LogP contribution in [0.5, 0.6) is 11.5 Å². The third-order valence-electron chi connectivity index (χ3n) is 6.93. The minimum atomic E-state index is -0.133. The van der Waals surface area contributed by atoms with E-state index in [2.05, 4.69) is 16.7 Å². The lowest BCUT2D eigenvalue weighted by Crippen LogP contribution is -2.45. The van der Waals surface area contributed by atoms with Gasteiger partial charge in [-0.15, -0.1) is 0 Å². The number of fused-ring (bicyclic) bond motifs is 1. The van der Waals surface area contributed by atoms with Crippen LogP contribution in [-0.4, -0.2) is 28.5 Å². The largest absolute Gasteiger partial charge is 0.457 e. The molecule has 1 aliphatic carbocycles. The smallest absolute Gasteiger partial charge is 0.268 e. The summed E-state index contributed by atoms with van der Waals surface area (Å²) in [6.45, 7) is 0.474. The number of benzene rings is 3. The molecular formula is C30H30N6O2. The molecule has 1 fully saturated rings. The Hall–Kier alpha value is -4.77. The fourth-order valence-electron chi connectivity index (χ4n) is 5.01. The van der Waals surface area contributed by atoms with E-state index in [0.717, 1.165) is 53.6 Å². The maximum atomic E-state index is 13.5. The first-order valence-corrected chi connectivity index (χ1v) is 12.7. The SMILES string of the molecule is N#Cc1ccc2cc(C(=O)N[C@H]3CC[C@H](NC(=N)N)CC3)n(Cc3ccc(Oc4ccccc4)cc3)c2c1. The highest BCUT2D eigenvalue weighted by Gasteiger charge is 2.25. The van der Waals surface area contributed by atoms with Crippen LogP contribution >= 0.6 is 0 Å². The Kier molecular flexibility index (Phi) is 7.27. The number of guanidine groups is 1. The van der Waals surface area contributed by atoms with Crippen molar-refractivity contribution in [3.8, 4) is 17.6 Å². The van der Waals surface area contributed by atoms with Gasteiger partial charge in [-0.25, -0.2) is 0 Å². The summed E-state index contributed by atoms with van der Waals surface area (Å²) in [6.07, 6.45) is 3.32. The van der Waals surface area contributed by atoms with Crippen LogP contribution in [0.2, 0.25) is 0 Å². The van der Waals surface area contributed by atoms with Crippen molar-refractivity contribution < 1.29 is 9.53 Å². The molecule has 38 heavy (non-hydrogen) atoms. The molecule has 0 aliphatic heterocycles. The average molecular weight is 507 g/mol. The highest BCUT2D eigenvalue weighted by molar-refractivity contribution is 5.99. The molecule has 0 saturated heterocycles. The van der Waals surface area contributed by atoms with Crippen LogP contribution in [0.15, 0.2) is 78.9 Å². The van der Waals surface area contributed by atoms with Crippen LogP contribution in [-0.2, 0) is 6.54 Å². The van der Waals surface area contributed by atoms with Gasteiger partial charge in [-0.05, 0) is 73.7 Å². The van der Waals surface area contributed by atoms with Crippen LogP contribution in [0.3, 0.4) is 0 Å². The number of rotatable bonds is 7. The van der Waals surface area contributed by atoms with Gasteiger partial charge in [0, 0.05) is 24.0 Å². The van der Waals surface area contributed by atoms with Crippen LogP contribution in [0, 0.1) is 16.7 Å². The lowest BCUT2D eigenvalue weighted by atomic mass is 9.91. The molecule has 8 heteroatoms. The Morgan fingerprint density at radius 3 is 2.26 bits per heavy atom. The number of carbonyl (C=O) groups is 1. The Labute approximate surface area is 221 Å². The van der Waals surface area contributed by atoms with E-state index < -0.39 is 0 Å². The number of nitrogens with one attached hydrogen (secondary N) is 3. The van der Waals surface area contributed by atoms with Gasteiger partial charge in [-0.2, -0.15) is 5.26 Å². The van der Waals surface area contributed by atoms with Gasteiger partial charge in [0.15, 0.2) is 5.96 Å². The zero-order valence-electron chi connectivity index (χ0n) is 21.0. The molecule has 1 aromatic heterocycles. The van der Waals surface area contributed by atoms with E-state index in [4.69, 9.17) is 15.9 Å². The molecular weight excluding hydrogens is 476 g/mol. The minimum absolute atomic E-state index is 0.0154. The van der Waals surface area contributed by atoms with E-state index in [1.165, 1.54) is 0 Å². The first kappa shape index (κ1) is 24.9. The normalized spacial score (nSPS) is 16.9. The molecule has 5 N–H and O–H groups in total. The summed E-state index contributed by atoms with van der Waals surface area (Å²) in [6, 6.07) is 27.2. The monoisotopic (exact) mass is 506 g/mol. The topological polar surface area (TPSA) is 129 Å². The van der Waals surface area contributed by atoms with Crippen molar-refractivity contribution in [3.63, 3.8) is 0 Å². The van der Waals surface area contributed by atoms with Gasteiger partial charge in [0.2, 0.25) is 0 Å². The maximum Gasteiger partial charge on any atom is 0.268 e. The Bertz CT molecular complexity index is 1480. The fourth-order valence-corrected chi connectivity index (χ4v) is 5.01. The van der Waals surface area contributed by atoms with Crippen LogP contribution in [0.25, 0.3) is 10.9 Å². The number of para-hydroxylation sites is 1. The summed E-state index contributed by atoms with van der Waals surface area (Å²) in [5, 5.41) is 24.0. The number of nitrogens with two attached hydrogens (primary N) is 1. The molecule has 0 radical (unpaired) electrons. The van der Waals surface area contributed by atoms with E-state index >= 15 is 0 Å². The first-order chi connectivity index (χ1) is 18.5. The second-order valence-corrected chi connectivity index (χ2v) is 9.64. The number of hydrogen-bond acceptors (Lipinski definition) is 4. The van der Waals surface area contributed by atoms with Gasteiger partial charge in [0.25, 0.3) is 5.91 Å². The quantitative estimate of drug-likeness (QED) is 0.210. The molecule has 0 bridgehead atoms. The summed E-state index contributed by atoms with van der Waals surface area (Å²) in [7, 11) is 0. The summed E-state index contributed by atoms with van der Waals surface area (Å²) in [5.74, 6) is 1.35. The van der Waals surface area contributed by atoms with Crippen molar-refractivity contribution in [2.75, 3.05) is 0 Å². The lowest BCUT2D eigenvalue weighted by molar-refractivity contribution is 0.0916. The van der Waals surface area contributed by atoms with Crippen molar-refractivity contribution in [2.24, 2.45) is 5.73 Å². The van der Waals surface area contributed by atoms with Crippen molar-refractivity contribution in [1.82, 2.24) is 15.2 Å². The number of carbonyl (C=O) groups excluding carboxylic acids is 1. The van der Waals surface area contributed by atoms with Gasteiger partial charge in [-0.1, -0.05) is 36.4 Å². The van der Waals surface area contributed by atoms with Crippen LogP contribution in [0.4, 0.5) is 0 Å². The van der Waals surface area contributed by atoms with Crippen molar-refractivity contribution in [2.45, 2.75) is 44.3 Å². The number of nitriles is 1. The number of amides is 1. The average Bonchev–Trinajstić information content (AvgIpc) is 3.28. The molecule has 1 heterocycles. The minimum Gasteiger partial charge on any atom is -0.457 e. The molecule has 0 unspecified atom stereocenters. The predicted molar refractivity (Wildman–Crippen MR) is 147 cm³/mol. The molecule has 0 spiro atoms. The van der Waals surface area contributed by atoms with Crippen LogP contribution < -0.4 is 21.1 Å². The lowest BCUT2D eigenvalue weighted by Gasteiger charge is -2.29. The third kappa shape index (κ3) is 5.79. The molecule has 1 saturated carbocycles. The highest BCUT2D eigenvalue weighted by atomic mass is 16.5. The maximum absolute atomic E-state index is 13.5. The summed E-state index contributed by atoms with van der Waals surface area (Å²) in [4.78, 5) is 13.5. The Balaban J connectivity index is 1.36. The standard InChI is InChI=1S/C30H30N6O2/c31-18-21-6-9-22-17-28(29(37)34-23-10-12-24(13-11-23)35-30(32)33)36(27(22)16-21)19-20-7-14-26(15-8-20)38-25-4-2-1-3-5-25/h1-9,14-17,23-24H,10-13,19H2,(H,34,37)(H4,32,33,35)/t23-,24-.